The van der Waals surface area contributed by atoms with Crippen LogP contribution in [0.2, 0.25) is 0 Å². The number of aromatic amines is 1. The highest BCUT2D eigenvalue weighted by atomic mass is 16.5. The summed E-state index contributed by atoms with van der Waals surface area (Å²) in [6.07, 6.45) is 0.156. The van der Waals surface area contributed by atoms with Crippen LogP contribution >= 0.6 is 0 Å². The molecule has 2 aromatic carbocycles. The fraction of sp³-hybridized carbons (Fsp3) is 0.235. The third kappa shape index (κ3) is 2.90. The average molecular weight is 281 g/mol. The summed E-state index contributed by atoms with van der Waals surface area (Å²) in [5.41, 5.74) is 9.72. The standard InChI is InChI=1S/C17H19N3O/c1-11(2)21-14-5-3-4-13(9-14)17-19-15-7-6-12(10-18)8-16(15)20-17/h3-9,11H,10,18H2,1-2H3,(H,19,20). The van der Waals surface area contributed by atoms with E-state index in [2.05, 4.69) is 9.97 Å². The largest absolute Gasteiger partial charge is 0.491 e. The topological polar surface area (TPSA) is 63.9 Å². The zero-order valence-electron chi connectivity index (χ0n) is 12.3. The van der Waals surface area contributed by atoms with Gasteiger partial charge in [0.25, 0.3) is 0 Å². The summed E-state index contributed by atoms with van der Waals surface area (Å²) in [5.74, 6) is 1.69. The molecule has 3 aromatic rings. The van der Waals surface area contributed by atoms with Crippen molar-refractivity contribution in [2.75, 3.05) is 0 Å². The van der Waals surface area contributed by atoms with E-state index in [0.717, 1.165) is 33.7 Å². The number of hydrogen-bond acceptors (Lipinski definition) is 3. The molecule has 3 N–H and O–H groups in total. The van der Waals surface area contributed by atoms with Gasteiger partial charge in [-0.25, -0.2) is 4.98 Å². The average Bonchev–Trinajstić information content (AvgIpc) is 2.89. The molecule has 0 spiro atoms. The third-order valence-corrected chi connectivity index (χ3v) is 3.26. The zero-order chi connectivity index (χ0) is 14.8. The first-order valence-corrected chi connectivity index (χ1v) is 7.11. The Kier molecular flexibility index (Phi) is 3.62. The molecular formula is C17H19N3O. The number of imidazole rings is 1. The van der Waals surface area contributed by atoms with Crippen molar-refractivity contribution in [2.45, 2.75) is 26.5 Å². The van der Waals surface area contributed by atoms with Gasteiger partial charge in [0.1, 0.15) is 11.6 Å². The van der Waals surface area contributed by atoms with Crippen molar-refractivity contribution in [3.05, 3.63) is 48.0 Å². The fourth-order valence-corrected chi connectivity index (χ4v) is 2.31. The van der Waals surface area contributed by atoms with Crippen molar-refractivity contribution in [1.29, 1.82) is 0 Å². The minimum absolute atomic E-state index is 0.156. The van der Waals surface area contributed by atoms with Gasteiger partial charge in [0.15, 0.2) is 0 Å². The van der Waals surface area contributed by atoms with E-state index in [1.807, 2.05) is 56.3 Å². The molecule has 3 rings (SSSR count). The Hall–Kier alpha value is -2.33. The molecule has 0 aliphatic heterocycles. The molecule has 0 atom stereocenters. The van der Waals surface area contributed by atoms with Crippen LogP contribution in [0.3, 0.4) is 0 Å². The Balaban J connectivity index is 1.99. The quantitative estimate of drug-likeness (QED) is 0.769. The second kappa shape index (κ2) is 5.58. The van der Waals surface area contributed by atoms with E-state index in [1.165, 1.54) is 0 Å². The highest BCUT2D eigenvalue weighted by Crippen LogP contribution is 2.25. The van der Waals surface area contributed by atoms with Gasteiger partial charge >= 0.3 is 0 Å². The van der Waals surface area contributed by atoms with E-state index in [0.29, 0.717) is 6.54 Å². The summed E-state index contributed by atoms with van der Waals surface area (Å²) in [5, 5.41) is 0. The van der Waals surface area contributed by atoms with Crippen LogP contribution in [0, 0.1) is 0 Å². The molecule has 4 heteroatoms. The smallest absolute Gasteiger partial charge is 0.138 e. The van der Waals surface area contributed by atoms with E-state index < -0.39 is 0 Å². The molecule has 1 aromatic heterocycles. The normalized spacial score (nSPS) is 11.2. The number of nitrogens with one attached hydrogen (secondary N) is 1. The van der Waals surface area contributed by atoms with Gasteiger partial charge in [0.05, 0.1) is 17.1 Å². The van der Waals surface area contributed by atoms with E-state index in [1.54, 1.807) is 0 Å². The number of nitrogens with two attached hydrogens (primary N) is 1. The maximum atomic E-state index is 5.73. The number of rotatable bonds is 4. The van der Waals surface area contributed by atoms with Crippen molar-refractivity contribution < 1.29 is 4.74 Å². The first kappa shape index (κ1) is 13.6. The van der Waals surface area contributed by atoms with Crippen LogP contribution in [0.25, 0.3) is 22.4 Å². The van der Waals surface area contributed by atoms with Crippen molar-refractivity contribution in [2.24, 2.45) is 5.73 Å². The molecule has 21 heavy (non-hydrogen) atoms. The van der Waals surface area contributed by atoms with Crippen molar-refractivity contribution in [1.82, 2.24) is 9.97 Å². The van der Waals surface area contributed by atoms with Gasteiger partial charge in [-0.1, -0.05) is 18.2 Å². The maximum Gasteiger partial charge on any atom is 0.138 e. The lowest BCUT2D eigenvalue weighted by atomic mass is 10.2. The predicted octanol–water partition coefficient (Wildman–Crippen LogP) is 3.48. The SMILES string of the molecule is CC(C)Oc1cccc(-c2nc3ccc(CN)cc3[nH]2)c1. The van der Waals surface area contributed by atoms with E-state index in [-0.39, 0.29) is 6.10 Å². The lowest BCUT2D eigenvalue weighted by molar-refractivity contribution is 0.242. The number of fused-ring (bicyclic) bond motifs is 1. The van der Waals surface area contributed by atoms with Crippen LogP contribution in [0.1, 0.15) is 19.4 Å². The number of H-pyrrole nitrogens is 1. The molecule has 0 aliphatic carbocycles. The van der Waals surface area contributed by atoms with Gasteiger partial charge in [0.2, 0.25) is 0 Å². The summed E-state index contributed by atoms with van der Waals surface area (Å²) in [4.78, 5) is 7.97. The molecule has 0 aliphatic rings. The number of benzene rings is 2. The molecule has 108 valence electrons. The van der Waals surface area contributed by atoms with Crippen LogP contribution < -0.4 is 10.5 Å². The monoisotopic (exact) mass is 281 g/mol. The predicted molar refractivity (Wildman–Crippen MR) is 85.2 cm³/mol. The Bertz CT molecular complexity index is 762. The lowest BCUT2D eigenvalue weighted by Gasteiger charge is -2.10. The Labute approximate surface area is 124 Å². The molecule has 0 saturated heterocycles. The molecule has 1 heterocycles. The number of ether oxygens (including phenoxy) is 1. The maximum absolute atomic E-state index is 5.73. The van der Waals surface area contributed by atoms with Gasteiger partial charge < -0.3 is 15.5 Å². The summed E-state index contributed by atoms with van der Waals surface area (Å²) < 4.78 is 5.73. The second-order valence-corrected chi connectivity index (χ2v) is 5.34. The second-order valence-electron chi connectivity index (χ2n) is 5.34. The van der Waals surface area contributed by atoms with Crippen molar-refractivity contribution >= 4 is 11.0 Å². The third-order valence-electron chi connectivity index (χ3n) is 3.26. The molecule has 0 fully saturated rings. The van der Waals surface area contributed by atoms with Crippen LogP contribution in [-0.2, 0) is 6.54 Å². The van der Waals surface area contributed by atoms with E-state index in [4.69, 9.17) is 10.5 Å². The van der Waals surface area contributed by atoms with Crippen LogP contribution in [0.15, 0.2) is 42.5 Å². The van der Waals surface area contributed by atoms with Crippen LogP contribution in [0.4, 0.5) is 0 Å². The van der Waals surface area contributed by atoms with E-state index in [9.17, 15) is 0 Å². The lowest BCUT2D eigenvalue weighted by Crippen LogP contribution is -2.05. The Morgan fingerprint density at radius 2 is 2.05 bits per heavy atom. The van der Waals surface area contributed by atoms with Gasteiger partial charge in [-0.2, -0.15) is 0 Å². The van der Waals surface area contributed by atoms with Gasteiger partial charge in [-0.05, 0) is 43.7 Å². The van der Waals surface area contributed by atoms with Crippen molar-refractivity contribution in [3.8, 4) is 17.1 Å². The van der Waals surface area contributed by atoms with Crippen molar-refractivity contribution in [3.63, 3.8) is 0 Å². The van der Waals surface area contributed by atoms with Crippen LogP contribution in [-0.4, -0.2) is 16.1 Å². The molecular weight excluding hydrogens is 262 g/mol. The number of hydrogen-bond donors (Lipinski definition) is 2. The summed E-state index contributed by atoms with van der Waals surface area (Å²) in [7, 11) is 0. The Morgan fingerprint density at radius 1 is 1.19 bits per heavy atom. The summed E-state index contributed by atoms with van der Waals surface area (Å²) in [6, 6.07) is 14.0. The molecule has 0 unspecified atom stereocenters. The van der Waals surface area contributed by atoms with E-state index >= 15 is 0 Å². The highest BCUT2D eigenvalue weighted by molar-refractivity contribution is 5.80. The minimum atomic E-state index is 0.156. The highest BCUT2D eigenvalue weighted by Gasteiger charge is 2.07. The Morgan fingerprint density at radius 3 is 2.81 bits per heavy atom. The van der Waals surface area contributed by atoms with Gasteiger partial charge in [-0.15, -0.1) is 0 Å². The first-order valence-electron chi connectivity index (χ1n) is 7.11. The van der Waals surface area contributed by atoms with Gasteiger partial charge in [0, 0.05) is 12.1 Å². The molecule has 0 bridgehead atoms. The first-order chi connectivity index (χ1) is 10.2. The molecule has 4 nitrogen and oxygen atoms in total. The fourth-order valence-electron chi connectivity index (χ4n) is 2.31. The minimum Gasteiger partial charge on any atom is -0.491 e. The number of aromatic nitrogens is 2. The summed E-state index contributed by atoms with van der Waals surface area (Å²) in [6.45, 7) is 4.56. The molecule has 0 saturated carbocycles. The zero-order valence-corrected chi connectivity index (χ0v) is 12.3. The number of nitrogens with zero attached hydrogens (tertiary/aromatic N) is 1. The van der Waals surface area contributed by atoms with Gasteiger partial charge in [-0.3, -0.25) is 0 Å². The molecule has 0 radical (unpaired) electrons. The molecule has 0 amide bonds. The van der Waals surface area contributed by atoms with Crippen LogP contribution in [0.5, 0.6) is 5.75 Å². The summed E-state index contributed by atoms with van der Waals surface area (Å²) >= 11 is 0.